The third-order valence-electron chi connectivity index (χ3n) is 3.61. The summed E-state index contributed by atoms with van der Waals surface area (Å²) in [6, 6.07) is 15.0. The molecule has 1 unspecified atom stereocenters. The molecule has 0 aliphatic carbocycles. The van der Waals surface area contributed by atoms with Gasteiger partial charge in [0.25, 0.3) is 0 Å². The Balaban J connectivity index is 1.71. The fraction of sp³-hybridized carbons (Fsp3) is 0.222. The topological polar surface area (TPSA) is 81.9 Å². The zero-order valence-corrected chi connectivity index (χ0v) is 17.2. The van der Waals surface area contributed by atoms with E-state index in [1.807, 2.05) is 62.4 Å². The minimum absolute atomic E-state index is 0.155. The molecule has 0 aliphatic rings. The Morgan fingerprint density at radius 2 is 2.00 bits per heavy atom. The summed E-state index contributed by atoms with van der Waals surface area (Å²) in [4.78, 5) is 12.6. The SMILES string of the molecule is CCOc1ccccc1NC(=O)C(C)Sc1nnnn1-c1ccc(Br)cc1. The lowest BCUT2D eigenvalue weighted by Crippen LogP contribution is -2.23. The number of carbonyl (C=O) groups excluding carboxylic acids is 1. The van der Waals surface area contributed by atoms with E-state index < -0.39 is 5.25 Å². The number of halogens is 1. The largest absolute Gasteiger partial charge is 0.492 e. The number of amides is 1. The summed E-state index contributed by atoms with van der Waals surface area (Å²) in [6.45, 7) is 4.24. The maximum absolute atomic E-state index is 12.6. The van der Waals surface area contributed by atoms with Crippen LogP contribution < -0.4 is 10.1 Å². The number of ether oxygens (including phenoxy) is 1. The summed E-state index contributed by atoms with van der Waals surface area (Å²) in [6.07, 6.45) is 0. The van der Waals surface area contributed by atoms with Crippen molar-refractivity contribution in [1.29, 1.82) is 0 Å². The summed E-state index contributed by atoms with van der Waals surface area (Å²) >= 11 is 4.69. The number of nitrogens with one attached hydrogen (secondary N) is 1. The molecule has 27 heavy (non-hydrogen) atoms. The lowest BCUT2D eigenvalue weighted by Gasteiger charge is -2.14. The molecule has 1 heterocycles. The second kappa shape index (κ2) is 9.01. The van der Waals surface area contributed by atoms with Crippen LogP contribution in [0.4, 0.5) is 5.69 Å². The molecule has 0 saturated heterocycles. The Bertz CT molecular complexity index is 916. The van der Waals surface area contributed by atoms with Crippen LogP contribution in [0.1, 0.15) is 13.8 Å². The number of aromatic nitrogens is 4. The molecular weight excluding hydrogens is 430 g/mol. The van der Waals surface area contributed by atoms with Crippen LogP contribution in [-0.4, -0.2) is 38.0 Å². The van der Waals surface area contributed by atoms with Crippen molar-refractivity contribution in [3.8, 4) is 11.4 Å². The first-order chi connectivity index (χ1) is 13.1. The molecule has 0 radical (unpaired) electrons. The molecule has 0 aliphatic heterocycles. The number of hydrogen-bond donors (Lipinski definition) is 1. The van der Waals surface area contributed by atoms with Crippen molar-refractivity contribution < 1.29 is 9.53 Å². The predicted octanol–water partition coefficient (Wildman–Crippen LogP) is 3.94. The summed E-state index contributed by atoms with van der Waals surface area (Å²) in [5.41, 5.74) is 1.46. The van der Waals surface area contributed by atoms with Gasteiger partial charge in [0, 0.05) is 4.47 Å². The first-order valence-corrected chi connectivity index (χ1v) is 9.99. The summed E-state index contributed by atoms with van der Waals surface area (Å²) < 4.78 is 8.12. The van der Waals surface area contributed by atoms with E-state index in [0.717, 1.165) is 10.2 Å². The summed E-state index contributed by atoms with van der Waals surface area (Å²) in [7, 11) is 0. The van der Waals surface area contributed by atoms with Crippen LogP contribution in [-0.2, 0) is 4.79 Å². The normalized spacial score (nSPS) is 11.8. The van der Waals surface area contributed by atoms with Crippen molar-refractivity contribution in [3.05, 3.63) is 53.0 Å². The number of para-hydroxylation sites is 2. The van der Waals surface area contributed by atoms with Gasteiger partial charge in [-0.2, -0.15) is 4.68 Å². The van der Waals surface area contributed by atoms with Crippen LogP contribution in [0.25, 0.3) is 5.69 Å². The number of rotatable bonds is 7. The number of carbonyl (C=O) groups is 1. The second-order valence-electron chi connectivity index (χ2n) is 5.53. The highest BCUT2D eigenvalue weighted by atomic mass is 79.9. The molecule has 3 aromatic rings. The smallest absolute Gasteiger partial charge is 0.237 e. The van der Waals surface area contributed by atoms with Gasteiger partial charge in [0.15, 0.2) is 0 Å². The zero-order chi connectivity index (χ0) is 19.2. The minimum Gasteiger partial charge on any atom is -0.492 e. The highest BCUT2D eigenvalue weighted by molar-refractivity contribution is 9.10. The third-order valence-corrected chi connectivity index (χ3v) is 5.17. The number of anilines is 1. The number of thioether (sulfide) groups is 1. The van der Waals surface area contributed by atoms with Crippen LogP contribution in [0.15, 0.2) is 58.2 Å². The molecule has 1 atom stereocenters. The fourth-order valence-electron chi connectivity index (χ4n) is 2.29. The average Bonchev–Trinajstić information content (AvgIpc) is 3.12. The van der Waals surface area contributed by atoms with Gasteiger partial charge in [0.1, 0.15) is 5.75 Å². The Hall–Kier alpha value is -2.39. The molecule has 0 spiro atoms. The molecule has 1 aromatic heterocycles. The second-order valence-corrected chi connectivity index (χ2v) is 7.75. The molecule has 140 valence electrons. The van der Waals surface area contributed by atoms with Gasteiger partial charge in [-0.1, -0.05) is 39.8 Å². The molecule has 3 rings (SSSR count). The van der Waals surface area contributed by atoms with Crippen LogP contribution >= 0.6 is 27.7 Å². The number of hydrogen-bond acceptors (Lipinski definition) is 6. The predicted molar refractivity (Wildman–Crippen MR) is 108 cm³/mol. The van der Waals surface area contributed by atoms with E-state index in [1.54, 1.807) is 4.68 Å². The lowest BCUT2D eigenvalue weighted by atomic mass is 10.3. The highest BCUT2D eigenvalue weighted by Crippen LogP contribution is 2.27. The maximum Gasteiger partial charge on any atom is 0.237 e. The molecule has 0 saturated carbocycles. The van der Waals surface area contributed by atoms with Gasteiger partial charge in [-0.3, -0.25) is 4.79 Å². The summed E-state index contributed by atoms with van der Waals surface area (Å²) in [5.74, 6) is 0.489. The van der Waals surface area contributed by atoms with Gasteiger partial charge in [-0.05, 0) is 60.7 Å². The fourth-order valence-corrected chi connectivity index (χ4v) is 3.37. The molecule has 0 fully saturated rings. The highest BCUT2D eigenvalue weighted by Gasteiger charge is 2.20. The van der Waals surface area contributed by atoms with Crippen molar-refractivity contribution >= 4 is 39.3 Å². The van der Waals surface area contributed by atoms with Crippen molar-refractivity contribution in [2.24, 2.45) is 0 Å². The molecular formula is C18H18BrN5O2S. The average molecular weight is 448 g/mol. The van der Waals surface area contributed by atoms with E-state index >= 15 is 0 Å². The van der Waals surface area contributed by atoms with Gasteiger partial charge in [-0.25, -0.2) is 0 Å². The quantitative estimate of drug-likeness (QED) is 0.552. The Morgan fingerprint density at radius 3 is 2.74 bits per heavy atom. The Kier molecular flexibility index (Phi) is 6.46. The summed E-state index contributed by atoms with van der Waals surface area (Å²) in [5, 5.41) is 14.8. The molecule has 7 nitrogen and oxygen atoms in total. The molecule has 2 aromatic carbocycles. The first kappa shape index (κ1) is 19.4. The van der Waals surface area contributed by atoms with Crippen LogP contribution in [0.2, 0.25) is 0 Å². The van der Waals surface area contributed by atoms with E-state index in [9.17, 15) is 4.79 Å². The van der Waals surface area contributed by atoms with Gasteiger partial charge < -0.3 is 10.1 Å². The van der Waals surface area contributed by atoms with Crippen LogP contribution in [0.3, 0.4) is 0 Å². The van der Waals surface area contributed by atoms with Crippen molar-refractivity contribution in [2.75, 3.05) is 11.9 Å². The van der Waals surface area contributed by atoms with Crippen molar-refractivity contribution in [1.82, 2.24) is 20.2 Å². The number of benzene rings is 2. The Labute approximate surface area is 169 Å². The van der Waals surface area contributed by atoms with Gasteiger partial charge >= 0.3 is 0 Å². The van der Waals surface area contributed by atoms with Gasteiger partial charge in [0.05, 0.1) is 23.2 Å². The zero-order valence-electron chi connectivity index (χ0n) is 14.8. The third kappa shape index (κ3) is 4.86. The molecule has 9 heteroatoms. The molecule has 1 N–H and O–H groups in total. The maximum atomic E-state index is 12.6. The monoisotopic (exact) mass is 447 g/mol. The van der Waals surface area contributed by atoms with Gasteiger partial charge in [0.2, 0.25) is 11.1 Å². The minimum atomic E-state index is -0.403. The van der Waals surface area contributed by atoms with Crippen molar-refractivity contribution in [3.63, 3.8) is 0 Å². The van der Waals surface area contributed by atoms with E-state index in [-0.39, 0.29) is 5.91 Å². The van der Waals surface area contributed by atoms with E-state index in [0.29, 0.717) is 23.2 Å². The van der Waals surface area contributed by atoms with Crippen LogP contribution in [0, 0.1) is 0 Å². The van der Waals surface area contributed by atoms with Crippen LogP contribution in [0.5, 0.6) is 5.75 Å². The van der Waals surface area contributed by atoms with E-state index in [2.05, 4.69) is 36.8 Å². The lowest BCUT2D eigenvalue weighted by molar-refractivity contribution is -0.115. The van der Waals surface area contributed by atoms with E-state index in [1.165, 1.54) is 11.8 Å². The molecule has 0 bridgehead atoms. The molecule has 1 amide bonds. The standard InChI is InChI=1S/C18H18BrN5O2S/c1-3-26-16-7-5-4-6-15(16)20-17(25)12(2)27-18-21-22-23-24(18)14-10-8-13(19)9-11-14/h4-12H,3H2,1-2H3,(H,20,25). The number of tetrazole rings is 1. The van der Waals surface area contributed by atoms with E-state index in [4.69, 9.17) is 4.74 Å². The van der Waals surface area contributed by atoms with Crippen molar-refractivity contribution in [2.45, 2.75) is 24.3 Å². The first-order valence-electron chi connectivity index (χ1n) is 8.32. The Morgan fingerprint density at radius 1 is 1.26 bits per heavy atom. The number of nitrogens with zero attached hydrogens (tertiary/aromatic N) is 4. The van der Waals surface area contributed by atoms with Gasteiger partial charge in [-0.15, -0.1) is 5.10 Å².